The highest BCUT2D eigenvalue weighted by molar-refractivity contribution is 5.99. The third-order valence-electron chi connectivity index (χ3n) is 4.89. The van der Waals surface area contributed by atoms with Crippen LogP contribution in [0.15, 0.2) is 18.2 Å². The van der Waals surface area contributed by atoms with Gasteiger partial charge in [0.15, 0.2) is 6.61 Å². The van der Waals surface area contributed by atoms with Crippen LogP contribution in [0.5, 0.6) is 0 Å². The first kappa shape index (κ1) is 22.1. The lowest BCUT2D eigenvalue weighted by Crippen LogP contribution is -2.28. The van der Waals surface area contributed by atoms with Gasteiger partial charge in [0, 0.05) is 35.8 Å². The van der Waals surface area contributed by atoms with Crippen LogP contribution in [0.3, 0.4) is 0 Å². The molecule has 1 fully saturated rings. The van der Waals surface area contributed by atoms with Crippen molar-refractivity contribution in [2.24, 2.45) is 17.8 Å². The SMILES string of the molecule is CC(=O)Nc1ccc(C(=O)COC(=O)C[C@@H]2C(=O)C[C@@H](C)[C@H]2C[N+](=O)[O-])c(F)c1. The molecular weight excluding hydrogens is 387 g/mol. The van der Waals surface area contributed by atoms with Gasteiger partial charge in [-0.15, -0.1) is 0 Å². The van der Waals surface area contributed by atoms with Crippen LogP contribution in [0.1, 0.15) is 37.0 Å². The van der Waals surface area contributed by atoms with Crippen LogP contribution >= 0.6 is 0 Å². The zero-order chi connectivity index (χ0) is 21.7. The van der Waals surface area contributed by atoms with Crippen molar-refractivity contribution in [2.45, 2.75) is 26.7 Å². The van der Waals surface area contributed by atoms with Crippen molar-refractivity contribution in [3.63, 3.8) is 0 Å². The Bertz CT molecular complexity index is 855. The maximum Gasteiger partial charge on any atom is 0.306 e. The van der Waals surface area contributed by atoms with Crippen molar-refractivity contribution in [1.29, 1.82) is 0 Å². The topological polar surface area (TPSA) is 133 Å². The Morgan fingerprint density at radius 3 is 2.62 bits per heavy atom. The van der Waals surface area contributed by atoms with E-state index < -0.39 is 53.4 Å². The first-order valence-electron chi connectivity index (χ1n) is 8.99. The van der Waals surface area contributed by atoms with Gasteiger partial charge in [0.25, 0.3) is 0 Å². The van der Waals surface area contributed by atoms with Gasteiger partial charge in [-0.2, -0.15) is 0 Å². The molecule has 10 heteroatoms. The van der Waals surface area contributed by atoms with Gasteiger partial charge in [0.2, 0.25) is 18.2 Å². The fraction of sp³-hybridized carbons (Fsp3) is 0.474. The average molecular weight is 408 g/mol. The van der Waals surface area contributed by atoms with Gasteiger partial charge in [-0.25, -0.2) is 4.39 Å². The number of benzene rings is 1. The Kier molecular flexibility index (Phi) is 7.13. The molecule has 0 heterocycles. The number of nitrogens with one attached hydrogen (secondary N) is 1. The van der Waals surface area contributed by atoms with Gasteiger partial charge in [0.1, 0.15) is 11.6 Å². The van der Waals surface area contributed by atoms with Crippen molar-refractivity contribution >= 4 is 29.1 Å². The Labute approximate surface area is 165 Å². The fourth-order valence-corrected chi connectivity index (χ4v) is 3.48. The molecule has 1 aliphatic carbocycles. The maximum absolute atomic E-state index is 14.0. The number of hydrogen-bond donors (Lipinski definition) is 1. The zero-order valence-corrected chi connectivity index (χ0v) is 16.0. The van der Waals surface area contributed by atoms with E-state index in [1.54, 1.807) is 6.92 Å². The van der Waals surface area contributed by atoms with Crippen molar-refractivity contribution in [2.75, 3.05) is 18.5 Å². The first-order valence-corrected chi connectivity index (χ1v) is 8.99. The molecule has 1 aromatic rings. The van der Waals surface area contributed by atoms with E-state index in [0.717, 1.165) is 12.1 Å². The third-order valence-corrected chi connectivity index (χ3v) is 4.89. The summed E-state index contributed by atoms with van der Waals surface area (Å²) in [5.74, 6) is -4.79. The molecule has 0 unspecified atom stereocenters. The van der Waals surface area contributed by atoms with E-state index in [0.29, 0.717) is 0 Å². The number of amides is 1. The second kappa shape index (κ2) is 9.35. The number of ketones is 2. The highest BCUT2D eigenvalue weighted by Crippen LogP contribution is 2.36. The van der Waals surface area contributed by atoms with Gasteiger partial charge in [0.05, 0.1) is 12.0 Å². The largest absolute Gasteiger partial charge is 0.457 e. The van der Waals surface area contributed by atoms with Gasteiger partial charge in [-0.1, -0.05) is 6.92 Å². The number of ether oxygens (including phenoxy) is 1. The summed E-state index contributed by atoms with van der Waals surface area (Å²) in [7, 11) is 0. The zero-order valence-electron chi connectivity index (χ0n) is 16.0. The molecule has 156 valence electrons. The summed E-state index contributed by atoms with van der Waals surface area (Å²) >= 11 is 0. The Morgan fingerprint density at radius 1 is 1.34 bits per heavy atom. The summed E-state index contributed by atoms with van der Waals surface area (Å²) in [4.78, 5) is 57.4. The van der Waals surface area contributed by atoms with Crippen molar-refractivity contribution in [1.82, 2.24) is 0 Å². The fourth-order valence-electron chi connectivity index (χ4n) is 3.48. The van der Waals surface area contributed by atoms with E-state index in [1.165, 1.54) is 13.0 Å². The highest BCUT2D eigenvalue weighted by atomic mass is 19.1. The van der Waals surface area contributed by atoms with Crippen LogP contribution in [-0.4, -0.2) is 41.5 Å². The lowest BCUT2D eigenvalue weighted by atomic mass is 9.88. The van der Waals surface area contributed by atoms with Gasteiger partial charge in [-0.3, -0.25) is 29.3 Å². The lowest BCUT2D eigenvalue weighted by molar-refractivity contribution is -0.490. The summed E-state index contributed by atoms with van der Waals surface area (Å²) < 4.78 is 18.9. The second-order valence-electron chi connectivity index (χ2n) is 7.10. The number of anilines is 1. The summed E-state index contributed by atoms with van der Waals surface area (Å²) in [6.07, 6.45) is -0.208. The van der Waals surface area contributed by atoms with E-state index in [2.05, 4.69) is 5.32 Å². The molecule has 1 aliphatic rings. The molecule has 29 heavy (non-hydrogen) atoms. The number of halogens is 1. The molecule has 0 aromatic heterocycles. The summed E-state index contributed by atoms with van der Waals surface area (Å²) in [6.45, 7) is 1.82. The van der Waals surface area contributed by atoms with Crippen molar-refractivity contribution in [3.8, 4) is 0 Å². The molecule has 0 bridgehead atoms. The molecule has 0 saturated heterocycles. The number of carbonyl (C=O) groups is 4. The minimum atomic E-state index is -0.886. The molecule has 1 N–H and O–H groups in total. The first-order chi connectivity index (χ1) is 13.6. The molecule has 0 radical (unpaired) electrons. The van der Waals surface area contributed by atoms with Crippen LogP contribution in [0.25, 0.3) is 0 Å². The Balaban J connectivity index is 1.94. The normalized spacial score (nSPS) is 20.9. The summed E-state index contributed by atoms with van der Waals surface area (Å²) in [6, 6.07) is 3.46. The monoisotopic (exact) mass is 408 g/mol. The lowest BCUT2D eigenvalue weighted by Gasteiger charge is -2.17. The van der Waals surface area contributed by atoms with Crippen LogP contribution in [0, 0.1) is 33.7 Å². The molecule has 0 aliphatic heterocycles. The van der Waals surface area contributed by atoms with Crippen molar-refractivity contribution in [3.05, 3.63) is 39.7 Å². The van der Waals surface area contributed by atoms with Gasteiger partial charge < -0.3 is 10.1 Å². The van der Waals surface area contributed by atoms with Crippen LogP contribution in [-0.2, 0) is 19.1 Å². The van der Waals surface area contributed by atoms with E-state index in [9.17, 15) is 33.7 Å². The molecule has 2 rings (SSSR count). The summed E-state index contributed by atoms with van der Waals surface area (Å²) in [5, 5.41) is 13.2. The molecule has 1 amide bonds. The molecule has 9 nitrogen and oxygen atoms in total. The number of nitro groups is 1. The standard InChI is InChI=1S/C19H21FN2O7/c1-10-5-17(24)14(15(10)8-22(27)28)7-19(26)29-9-18(25)13-4-3-12(6-16(13)20)21-11(2)23/h3-4,6,10,14-15H,5,7-9H2,1-2H3,(H,21,23)/t10-,14+,15-/m1/s1. The Morgan fingerprint density at radius 2 is 2.03 bits per heavy atom. The van der Waals surface area contributed by atoms with E-state index in [4.69, 9.17) is 4.74 Å². The smallest absolute Gasteiger partial charge is 0.306 e. The molecular formula is C19H21FN2O7. The number of esters is 1. The average Bonchev–Trinajstić information content (AvgIpc) is 2.85. The van der Waals surface area contributed by atoms with Gasteiger partial charge >= 0.3 is 5.97 Å². The molecule has 3 atom stereocenters. The maximum atomic E-state index is 14.0. The number of hydrogen-bond acceptors (Lipinski definition) is 7. The number of nitrogens with zero attached hydrogens (tertiary/aromatic N) is 1. The molecule has 1 saturated carbocycles. The van der Waals surface area contributed by atoms with E-state index >= 15 is 0 Å². The van der Waals surface area contributed by atoms with E-state index in [1.807, 2.05) is 0 Å². The quantitative estimate of drug-likeness (QED) is 0.301. The molecule has 1 aromatic carbocycles. The minimum Gasteiger partial charge on any atom is -0.457 e. The predicted molar refractivity (Wildman–Crippen MR) is 98.2 cm³/mol. The summed E-state index contributed by atoms with van der Waals surface area (Å²) in [5.41, 5.74) is -0.141. The minimum absolute atomic E-state index is 0.154. The number of rotatable bonds is 8. The number of Topliss-reactive ketones (excluding diaryl/α,β-unsaturated/α-hetero) is 2. The van der Waals surface area contributed by atoms with Crippen molar-refractivity contribution < 1.29 is 33.2 Å². The van der Waals surface area contributed by atoms with Gasteiger partial charge in [-0.05, 0) is 24.1 Å². The Hall–Kier alpha value is -3.17. The highest BCUT2D eigenvalue weighted by Gasteiger charge is 2.44. The predicted octanol–water partition coefficient (Wildman–Crippen LogP) is 2.02. The van der Waals surface area contributed by atoms with Crippen LogP contribution in [0.2, 0.25) is 0 Å². The van der Waals surface area contributed by atoms with Crippen LogP contribution < -0.4 is 5.32 Å². The molecule has 0 spiro atoms. The second-order valence-corrected chi connectivity index (χ2v) is 7.10. The van der Waals surface area contributed by atoms with Crippen LogP contribution in [0.4, 0.5) is 10.1 Å². The van der Waals surface area contributed by atoms with E-state index in [-0.39, 0.29) is 35.8 Å². The third kappa shape index (κ3) is 5.90. The number of carbonyl (C=O) groups excluding carboxylic acids is 4.